The number of carbonyl (C=O) groups excluding carboxylic acids is 1. The summed E-state index contributed by atoms with van der Waals surface area (Å²) < 4.78 is 4.55. The molecule has 0 unspecified atom stereocenters. The first-order valence-electron chi connectivity index (χ1n) is 4.92. The van der Waals surface area contributed by atoms with E-state index in [1.54, 1.807) is 0 Å². The molecule has 0 aromatic carbocycles. The van der Waals surface area contributed by atoms with Gasteiger partial charge in [-0.25, -0.2) is 4.98 Å². The first-order chi connectivity index (χ1) is 7.49. The number of methoxy groups -OCH3 is 1. The number of hydrogen-bond acceptors (Lipinski definition) is 5. The predicted octanol–water partition coefficient (Wildman–Crippen LogP) is 2.05. The molecule has 0 aliphatic rings. The molecule has 0 fully saturated rings. The summed E-state index contributed by atoms with van der Waals surface area (Å²) in [5, 5.41) is 11.6. The lowest BCUT2D eigenvalue weighted by Gasteiger charge is -2.09. The quantitative estimate of drug-likeness (QED) is 0.753. The van der Waals surface area contributed by atoms with Gasteiger partial charge in [0.15, 0.2) is 0 Å². The van der Waals surface area contributed by atoms with Crippen molar-refractivity contribution in [2.24, 2.45) is 0 Å². The van der Waals surface area contributed by atoms with Crippen molar-refractivity contribution in [2.75, 3.05) is 7.11 Å². The summed E-state index contributed by atoms with van der Waals surface area (Å²) >= 11 is 1.45. The molecule has 0 aliphatic carbocycles. The van der Waals surface area contributed by atoms with Crippen LogP contribution < -0.4 is 0 Å². The summed E-state index contributed by atoms with van der Waals surface area (Å²) in [6.45, 7) is 3.66. The van der Waals surface area contributed by atoms with E-state index in [1.165, 1.54) is 18.4 Å². The fourth-order valence-corrected chi connectivity index (χ4v) is 2.02. The van der Waals surface area contributed by atoms with Crippen molar-refractivity contribution < 1.29 is 9.53 Å². The fourth-order valence-electron chi connectivity index (χ4n) is 1.09. The molecule has 0 amide bonds. The number of aryl methyl sites for hydroxylation is 1. The number of ether oxygens (including phenoxy) is 1. The van der Waals surface area contributed by atoms with E-state index in [1.807, 2.05) is 19.2 Å². The van der Waals surface area contributed by atoms with Crippen molar-refractivity contribution in [3.8, 4) is 6.07 Å². The molecule has 0 saturated carbocycles. The van der Waals surface area contributed by atoms with E-state index >= 15 is 0 Å². The minimum Gasteiger partial charge on any atom is -0.469 e. The van der Waals surface area contributed by atoms with Crippen molar-refractivity contribution in [1.82, 2.24) is 4.98 Å². The fraction of sp³-hybridized carbons (Fsp3) is 0.545. The Morgan fingerprint density at radius 3 is 2.94 bits per heavy atom. The second-order valence-electron chi connectivity index (χ2n) is 3.96. The maximum Gasteiger partial charge on any atom is 0.305 e. The van der Waals surface area contributed by atoms with E-state index in [9.17, 15) is 4.79 Å². The summed E-state index contributed by atoms with van der Waals surface area (Å²) in [5.41, 5.74) is 0.280. The van der Waals surface area contributed by atoms with Crippen LogP contribution in [0.4, 0.5) is 0 Å². The number of aromatic nitrogens is 1. The molecule has 1 heterocycles. The third-order valence-corrected chi connectivity index (χ3v) is 3.39. The summed E-state index contributed by atoms with van der Waals surface area (Å²) in [6.07, 6.45) is 0.886. The van der Waals surface area contributed by atoms with Crippen LogP contribution in [0.3, 0.4) is 0 Å². The second kappa shape index (κ2) is 5.08. The normalized spacial score (nSPS) is 10.9. The Bertz CT molecular complexity index is 418. The van der Waals surface area contributed by atoms with Gasteiger partial charge in [0.1, 0.15) is 10.4 Å². The minimum atomic E-state index is -0.561. The van der Waals surface area contributed by atoms with Crippen LogP contribution in [0.5, 0.6) is 0 Å². The molecule has 1 rings (SSSR count). The lowest BCUT2D eigenvalue weighted by molar-refractivity contribution is -0.140. The lowest BCUT2D eigenvalue weighted by atomic mass is 9.97. The molecule has 0 spiro atoms. The zero-order valence-corrected chi connectivity index (χ0v) is 10.4. The molecule has 16 heavy (non-hydrogen) atoms. The van der Waals surface area contributed by atoms with E-state index in [4.69, 9.17) is 5.26 Å². The Morgan fingerprint density at radius 2 is 2.38 bits per heavy atom. The van der Waals surface area contributed by atoms with Gasteiger partial charge in [0.05, 0.1) is 25.3 Å². The summed E-state index contributed by atoms with van der Waals surface area (Å²) in [4.78, 5) is 15.3. The van der Waals surface area contributed by atoms with Crippen molar-refractivity contribution >= 4 is 17.3 Å². The lowest BCUT2D eigenvalue weighted by Crippen LogP contribution is -2.13. The molecule has 0 bridgehead atoms. The molecule has 1 aromatic heterocycles. The summed E-state index contributed by atoms with van der Waals surface area (Å²) in [7, 11) is 1.37. The van der Waals surface area contributed by atoms with Gasteiger partial charge in [0.25, 0.3) is 0 Å². The molecule has 5 heteroatoms. The van der Waals surface area contributed by atoms with Gasteiger partial charge in [-0.15, -0.1) is 11.3 Å². The Balaban J connectivity index is 2.66. The monoisotopic (exact) mass is 238 g/mol. The number of nitriles is 1. The van der Waals surface area contributed by atoms with Crippen LogP contribution in [0.15, 0.2) is 5.38 Å². The zero-order chi connectivity index (χ0) is 12.2. The number of hydrogen-bond donors (Lipinski definition) is 0. The van der Waals surface area contributed by atoms with E-state index in [-0.39, 0.29) is 5.97 Å². The number of esters is 1. The van der Waals surface area contributed by atoms with Gasteiger partial charge in [-0.1, -0.05) is 0 Å². The number of carbonyl (C=O) groups is 1. The van der Waals surface area contributed by atoms with Gasteiger partial charge in [0, 0.05) is 11.8 Å². The smallest absolute Gasteiger partial charge is 0.305 e. The Labute approximate surface area is 98.9 Å². The molecular formula is C11H14N2O2S. The average molecular weight is 238 g/mol. The number of thiazole rings is 1. The Morgan fingerprint density at radius 1 is 1.69 bits per heavy atom. The van der Waals surface area contributed by atoms with Crippen LogP contribution in [-0.4, -0.2) is 18.1 Å². The summed E-state index contributed by atoms with van der Waals surface area (Å²) in [5.74, 6) is -0.242. The highest BCUT2D eigenvalue weighted by molar-refractivity contribution is 7.09. The van der Waals surface area contributed by atoms with Crippen LogP contribution in [0.2, 0.25) is 0 Å². The van der Waals surface area contributed by atoms with E-state index in [2.05, 4.69) is 15.8 Å². The van der Waals surface area contributed by atoms with Crippen molar-refractivity contribution in [2.45, 2.75) is 32.1 Å². The van der Waals surface area contributed by atoms with Gasteiger partial charge < -0.3 is 4.74 Å². The molecule has 86 valence electrons. The summed E-state index contributed by atoms with van der Waals surface area (Å²) in [6, 6.07) is 2.20. The van der Waals surface area contributed by atoms with Crippen LogP contribution in [0, 0.1) is 11.3 Å². The maximum atomic E-state index is 10.9. The molecule has 0 saturated heterocycles. The highest BCUT2D eigenvalue weighted by atomic mass is 32.1. The maximum absolute atomic E-state index is 10.9. The van der Waals surface area contributed by atoms with Crippen LogP contribution in [-0.2, 0) is 21.4 Å². The third-order valence-electron chi connectivity index (χ3n) is 2.18. The minimum absolute atomic E-state index is 0.242. The van der Waals surface area contributed by atoms with Crippen LogP contribution in [0.1, 0.15) is 31.0 Å². The predicted molar refractivity (Wildman–Crippen MR) is 61.1 cm³/mol. The van der Waals surface area contributed by atoms with Crippen LogP contribution >= 0.6 is 11.3 Å². The van der Waals surface area contributed by atoms with Gasteiger partial charge in [-0.05, 0) is 13.8 Å². The van der Waals surface area contributed by atoms with Gasteiger partial charge in [-0.3, -0.25) is 4.79 Å². The Hall–Kier alpha value is -1.41. The average Bonchev–Trinajstić information content (AvgIpc) is 2.75. The molecule has 0 aliphatic heterocycles. The molecular weight excluding hydrogens is 224 g/mol. The third kappa shape index (κ3) is 3.04. The van der Waals surface area contributed by atoms with Crippen LogP contribution in [0.25, 0.3) is 0 Å². The molecule has 0 atom stereocenters. The van der Waals surface area contributed by atoms with E-state index in [0.29, 0.717) is 12.8 Å². The van der Waals surface area contributed by atoms with E-state index in [0.717, 1.165) is 10.7 Å². The zero-order valence-electron chi connectivity index (χ0n) is 9.61. The van der Waals surface area contributed by atoms with E-state index < -0.39 is 5.41 Å². The molecule has 0 N–H and O–H groups in total. The van der Waals surface area contributed by atoms with Gasteiger partial charge >= 0.3 is 5.97 Å². The van der Waals surface area contributed by atoms with Crippen molar-refractivity contribution in [3.05, 3.63) is 16.1 Å². The molecule has 4 nitrogen and oxygen atoms in total. The van der Waals surface area contributed by atoms with Gasteiger partial charge in [0.2, 0.25) is 0 Å². The SMILES string of the molecule is COC(=O)CCc1csc(C(C)(C)C#N)n1. The second-order valence-corrected chi connectivity index (χ2v) is 4.82. The highest BCUT2D eigenvalue weighted by Gasteiger charge is 2.23. The Kier molecular flexibility index (Phi) is 4.02. The number of nitrogens with zero attached hydrogens (tertiary/aromatic N) is 2. The number of rotatable bonds is 4. The molecule has 0 radical (unpaired) electrons. The topological polar surface area (TPSA) is 63.0 Å². The standard InChI is InChI=1S/C11H14N2O2S/c1-11(2,7-12)10-13-8(6-16-10)4-5-9(14)15-3/h6H,4-5H2,1-3H3. The van der Waals surface area contributed by atoms with Crippen molar-refractivity contribution in [1.29, 1.82) is 5.26 Å². The largest absolute Gasteiger partial charge is 0.469 e. The first-order valence-corrected chi connectivity index (χ1v) is 5.80. The molecule has 1 aromatic rings. The first kappa shape index (κ1) is 12.7. The highest BCUT2D eigenvalue weighted by Crippen LogP contribution is 2.25. The van der Waals surface area contributed by atoms with Gasteiger partial charge in [-0.2, -0.15) is 5.26 Å². The van der Waals surface area contributed by atoms with Crippen molar-refractivity contribution in [3.63, 3.8) is 0 Å².